The number of amides is 3. The highest BCUT2D eigenvalue weighted by Crippen LogP contribution is 2.15. The second-order valence-electron chi connectivity index (χ2n) is 5.04. The van der Waals surface area contributed by atoms with E-state index in [-0.39, 0.29) is 17.7 Å². The van der Waals surface area contributed by atoms with Crippen LogP contribution < -0.4 is 5.32 Å². The van der Waals surface area contributed by atoms with Crippen molar-refractivity contribution in [2.24, 2.45) is 5.92 Å². The molecule has 0 radical (unpaired) electrons. The molecule has 3 amide bonds. The number of hydrogen-bond donors (Lipinski definition) is 1. The van der Waals surface area contributed by atoms with E-state index in [2.05, 4.69) is 5.32 Å². The van der Waals surface area contributed by atoms with Crippen molar-refractivity contribution in [2.75, 3.05) is 33.2 Å². The molecule has 114 valence electrons. The Bertz CT molecular complexity index is 530. The molecule has 0 spiro atoms. The second kappa shape index (κ2) is 6.71. The van der Waals surface area contributed by atoms with Crippen LogP contribution in [0.2, 0.25) is 0 Å². The molecule has 1 aromatic rings. The van der Waals surface area contributed by atoms with E-state index < -0.39 is 5.92 Å². The van der Waals surface area contributed by atoms with Crippen LogP contribution in [0.1, 0.15) is 17.3 Å². The van der Waals surface area contributed by atoms with Gasteiger partial charge in [0.2, 0.25) is 11.8 Å². The van der Waals surface area contributed by atoms with Crippen LogP contribution in [0.15, 0.2) is 16.8 Å². The van der Waals surface area contributed by atoms with Crippen LogP contribution in [0, 0.1) is 5.92 Å². The first-order valence-corrected chi connectivity index (χ1v) is 7.75. The summed E-state index contributed by atoms with van der Waals surface area (Å²) in [6, 6.07) is 1.77. The monoisotopic (exact) mass is 309 g/mol. The van der Waals surface area contributed by atoms with Gasteiger partial charge in [-0.15, -0.1) is 0 Å². The molecule has 0 aromatic carbocycles. The lowest BCUT2D eigenvalue weighted by Crippen LogP contribution is -2.42. The standard InChI is InChI=1S/C14H19N3O3S/c1-10(18)16-4-5-17(8-12(7-16)13(19)15-2)14(20)11-3-6-21-9-11/h3,6,9,12H,4-5,7-8H2,1-2H3,(H,15,19)/t12-/m0/s1. The van der Waals surface area contributed by atoms with Gasteiger partial charge in [0.05, 0.1) is 11.5 Å². The molecule has 2 rings (SSSR count). The van der Waals surface area contributed by atoms with Crippen LogP contribution in [0.5, 0.6) is 0 Å². The lowest BCUT2D eigenvalue weighted by atomic mass is 10.1. The first kappa shape index (κ1) is 15.5. The Morgan fingerprint density at radius 1 is 1.24 bits per heavy atom. The lowest BCUT2D eigenvalue weighted by Gasteiger charge is -2.22. The van der Waals surface area contributed by atoms with Gasteiger partial charge in [0, 0.05) is 45.5 Å². The molecule has 1 aliphatic heterocycles. The third-order valence-corrected chi connectivity index (χ3v) is 4.32. The Morgan fingerprint density at radius 3 is 2.48 bits per heavy atom. The minimum atomic E-state index is -0.399. The molecule has 1 atom stereocenters. The van der Waals surface area contributed by atoms with Crippen LogP contribution in [0.3, 0.4) is 0 Å². The molecule has 1 aliphatic rings. The van der Waals surface area contributed by atoms with Gasteiger partial charge in [-0.2, -0.15) is 11.3 Å². The largest absolute Gasteiger partial charge is 0.359 e. The maximum atomic E-state index is 12.4. The molecule has 2 heterocycles. The van der Waals surface area contributed by atoms with Gasteiger partial charge in [0.1, 0.15) is 0 Å². The van der Waals surface area contributed by atoms with Gasteiger partial charge in [-0.3, -0.25) is 14.4 Å². The van der Waals surface area contributed by atoms with Crippen LogP contribution in [0.4, 0.5) is 0 Å². The van der Waals surface area contributed by atoms with Crippen LogP contribution >= 0.6 is 11.3 Å². The molecule has 7 heteroatoms. The first-order valence-electron chi connectivity index (χ1n) is 6.81. The van der Waals surface area contributed by atoms with Gasteiger partial charge in [-0.05, 0) is 11.4 Å². The normalized spacial score (nSPS) is 19.0. The van der Waals surface area contributed by atoms with E-state index in [9.17, 15) is 14.4 Å². The molecule has 1 aromatic heterocycles. The number of thiophene rings is 1. The van der Waals surface area contributed by atoms with Gasteiger partial charge >= 0.3 is 0 Å². The third kappa shape index (κ3) is 3.60. The molecular formula is C14H19N3O3S. The number of hydrogen-bond acceptors (Lipinski definition) is 4. The Labute approximate surface area is 127 Å². The number of nitrogens with one attached hydrogen (secondary N) is 1. The maximum absolute atomic E-state index is 12.4. The molecule has 1 fully saturated rings. The SMILES string of the molecule is CNC(=O)[C@H]1CN(C(C)=O)CCN(C(=O)c2ccsc2)C1. The lowest BCUT2D eigenvalue weighted by molar-refractivity contribution is -0.130. The molecule has 1 saturated heterocycles. The summed E-state index contributed by atoms with van der Waals surface area (Å²) in [6.45, 7) is 3.07. The number of nitrogens with zero attached hydrogens (tertiary/aromatic N) is 2. The predicted octanol–water partition coefficient (Wildman–Crippen LogP) is 0.415. The smallest absolute Gasteiger partial charge is 0.254 e. The van der Waals surface area contributed by atoms with Crippen LogP contribution in [-0.2, 0) is 9.59 Å². The topological polar surface area (TPSA) is 69.7 Å². The number of carbonyl (C=O) groups excluding carboxylic acids is 3. The molecular weight excluding hydrogens is 290 g/mol. The van der Waals surface area contributed by atoms with Crippen LogP contribution in [-0.4, -0.2) is 60.7 Å². The maximum Gasteiger partial charge on any atom is 0.254 e. The summed E-state index contributed by atoms with van der Waals surface area (Å²) >= 11 is 1.46. The third-order valence-electron chi connectivity index (χ3n) is 3.64. The Balaban J connectivity index is 2.17. The van der Waals surface area contributed by atoms with Gasteiger partial charge < -0.3 is 15.1 Å². The summed E-state index contributed by atoms with van der Waals surface area (Å²) < 4.78 is 0. The molecule has 0 unspecified atom stereocenters. The van der Waals surface area contributed by atoms with Crippen molar-refractivity contribution >= 4 is 29.1 Å². The van der Waals surface area contributed by atoms with E-state index in [4.69, 9.17) is 0 Å². The van der Waals surface area contributed by atoms with E-state index >= 15 is 0 Å². The Kier molecular flexibility index (Phi) is 4.95. The van der Waals surface area contributed by atoms with Crippen molar-refractivity contribution in [3.63, 3.8) is 0 Å². The van der Waals surface area contributed by atoms with E-state index in [1.54, 1.807) is 28.3 Å². The fourth-order valence-electron chi connectivity index (χ4n) is 2.42. The first-order chi connectivity index (χ1) is 10.0. The number of carbonyl (C=O) groups is 3. The van der Waals surface area contributed by atoms with Crippen molar-refractivity contribution in [3.8, 4) is 0 Å². The number of rotatable bonds is 2. The average molecular weight is 309 g/mol. The summed E-state index contributed by atoms with van der Waals surface area (Å²) in [5, 5.41) is 6.25. The van der Waals surface area contributed by atoms with E-state index in [0.29, 0.717) is 31.7 Å². The minimum absolute atomic E-state index is 0.0752. The van der Waals surface area contributed by atoms with Crippen molar-refractivity contribution < 1.29 is 14.4 Å². The van der Waals surface area contributed by atoms with Crippen molar-refractivity contribution in [1.82, 2.24) is 15.1 Å². The minimum Gasteiger partial charge on any atom is -0.359 e. The Hall–Kier alpha value is -1.89. The highest BCUT2D eigenvalue weighted by Gasteiger charge is 2.30. The molecule has 0 aliphatic carbocycles. The van der Waals surface area contributed by atoms with E-state index in [1.807, 2.05) is 5.38 Å². The van der Waals surface area contributed by atoms with E-state index in [1.165, 1.54) is 18.3 Å². The highest BCUT2D eigenvalue weighted by atomic mass is 32.1. The second-order valence-corrected chi connectivity index (χ2v) is 5.82. The summed E-state index contributed by atoms with van der Waals surface area (Å²) in [7, 11) is 1.57. The van der Waals surface area contributed by atoms with E-state index in [0.717, 1.165) is 0 Å². The molecule has 1 N–H and O–H groups in total. The molecule has 0 bridgehead atoms. The fraction of sp³-hybridized carbons (Fsp3) is 0.500. The van der Waals surface area contributed by atoms with Crippen molar-refractivity contribution in [2.45, 2.75) is 6.92 Å². The van der Waals surface area contributed by atoms with Gasteiger partial charge in [-0.25, -0.2) is 0 Å². The van der Waals surface area contributed by atoms with Crippen molar-refractivity contribution in [3.05, 3.63) is 22.4 Å². The summed E-state index contributed by atoms with van der Waals surface area (Å²) in [5.74, 6) is -0.709. The predicted molar refractivity (Wildman–Crippen MR) is 80.0 cm³/mol. The zero-order chi connectivity index (χ0) is 15.4. The fourth-order valence-corrected chi connectivity index (χ4v) is 3.05. The van der Waals surface area contributed by atoms with Crippen molar-refractivity contribution in [1.29, 1.82) is 0 Å². The zero-order valence-corrected chi connectivity index (χ0v) is 13.0. The summed E-state index contributed by atoms with van der Waals surface area (Å²) in [5.41, 5.74) is 0.631. The van der Waals surface area contributed by atoms with Gasteiger partial charge in [0.25, 0.3) is 5.91 Å². The summed E-state index contributed by atoms with van der Waals surface area (Å²) in [4.78, 5) is 39.3. The summed E-state index contributed by atoms with van der Waals surface area (Å²) in [6.07, 6.45) is 0. The van der Waals surface area contributed by atoms with Gasteiger partial charge in [-0.1, -0.05) is 0 Å². The van der Waals surface area contributed by atoms with Gasteiger partial charge in [0.15, 0.2) is 0 Å². The average Bonchev–Trinajstić information content (AvgIpc) is 2.91. The quantitative estimate of drug-likeness (QED) is 0.860. The highest BCUT2D eigenvalue weighted by molar-refractivity contribution is 7.08. The molecule has 0 saturated carbocycles. The zero-order valence-electron chi connectivity index (χ0n) is 12.2. The van der Waals surface area contributed by atoms with Crippen LogP contribution in [0.25, 0.3) is 0 Å². The Morgan fingerprint density at radius 2 is 1.90 bits per heavy atom. The molecule has 21 heavy (non-hydrogen) atoms. The molecule has 6 nitrogen and oxygen atoms in total.